The van der Waals surface area contributed by atoms with Gasteiger partial charge in [0, 0.05) is 12.5 Å². The molecule has 0 bridgehead atoms. The Kier molecular flexibility index (Phi) is 4.77. The quantitative estimate of drug-likeness (QED) is 0.809. The maximum atomic E-state index is 11.6. The van der Waals surface area contributed by atoms with Crippen molar-refractivity contribution in [3.05, 3.63) is 0 Å². The highest BCUT2D eigenvalue weighted by Crippen LogP contribution is 2.21. The van der Waals surface area contributed by atoms with Gasteiger partial charge in [-0.3, -0.25) is 4.79 Å². The van der Waals surface area contributed by atoms with Crippen LogP contribution in [0.15, 0.2) is 0 Å². The van der Waals surface area contributed by atoms with Crippen LogP contribution in [-0.4, -0.2) is 31.9 Å². The Morgan fingerprint density at radius 1 is 1.50 bits per heavy atom. The van der Waals surface area contributed by atoms with Crippen molar-refractivity contribution < 1.29 is 13.2 Å². The molecular formula is C11H21NO3S. The first-order valence-electron chi connectivity index (χ1n) is 5.92. The SMILES string of the molecule is CCC(C)NC(=O)CC1CCCS(=O)(=O)C1. The lowest BCUT2D eigenvalue weighted by Gasteiger charge is -2.22. The number of carbonyl (C=O) groups is 1. The van der Waals surface area contributed by atoms with Crippen LogP contribution >= 0.6 is 0 Å². The van der Waals surface area contributed by atoms with E-state index in [1.54, 1.807) is 0 Å². The average molecular weight is 247 g/mol. The van der Waals surface area contributed by atoms with Crippen LogP contribution in [0.2, 0.25) is 0 Å². The number of rotatable bonds is 4. The minimum absolute atomic E-state index is 0.0165. The lowest BCUT2D eigenvalue weighted by molar-refractivity contribution is -0.122. The molecule has 1 heterocycles. The summed E-state index contributed by atoms with van der Waals surface area (Å²) in [6, 6.07) is 0.174. The second-order valence-corrected chi connectivity index (χ2v) is 6.93. The van der Waals surface area contributed by atoms with Crippen LogP contribution in [-0.2, 0) is 14.6 Å². The van der Waals surface area contributed by atoms with Gasteiger partial charge >= 0.3 is 0 Å². The summed E-state index contributed by atoms with van der Waals surface area (Å²) in [7, 11) is -2.89. The highest BCUT2D eigenvalue weighted by Gasteiger charge is 2.26. The number of carbonyl (C=O) groups excluding carboxylic acids is 1. The van der Waals surface area contributed by atoms with Crippen LogP contribution in [0.1, 0.15) is 39.5 Å². The Bertz CT molecular complexity index is 337. The van der Waals surface area contributed by atoms with Crippen molar-refractivity contribution in [1.29, 1.82) is 0 Å². The molecule has 2 atom stereocenters. The Balaban J connectivity index is 2.39. The first kappa shape index (κ1) is 13.5. The average Bonchev–Trinajstić information content (AvgIpc) is 2.15. The van der Waals surface area contributed by atoms with E-state index in [1.165, 1.54) is 0 Å². The minimum atomic E-state index is -2.89. The van der Waals surface area contributed by atoms with E-state index in [0.29, 0.717) is 12.8 Å². The molecule has 94 valence electrons. The van der Waals surface area contributed by atoms with E-state index >= 15 is 0 Å². The van der Waals surface area contributed by atoms with E-state index in [0.717, 1.165) is 12.8 Å². The fourth-order valence-corrected chi connectivity index (χ4v) is 3.75. The van der Waals surface area contributed by atoms with E-state index in [4.69, 9.17) is 0 Å². The van der Waals surface area contributed by atoms with Crippen molar-refractivity contribution >= 4 is 15.7 Å². The zero-order valence-electron chi connectivity index (χ0n) is 10.0. The smallest absolute Gasteiger partial charge is 0.220 e. The number of hydrogen-bond acceptors (Lipinski definition) is 3. The predicted octanol–water partition coefficient (Wildman–Crippen LogP) is 1.12. The van der Waals surface area contributed by atoms with E-state index in [9.17, 15) is 13.2 Å². The summed E-state index contributed by atoms with van der Waals surface area (Å²) in [5.74, 6) is 0.469. The van der Waals surface area contributed by atoms with Crippen molar-refractivity contribution in [2.24, 2.45) is 5.92 Å². The van der Waals surface area contributed by atoms with Gasteiger partial charge in [-0.05, 0) is 32.1 Å². The van der Waals surface area contributed by atoms with E-state index in [-0.39, 0.29) is 29.4 Å². The van der Waals surface area contributed by atoms with Crippen LogP contribution < -0.4 is 5.32 Å². The first-order valence-corrected chi connectivity index (χ1v) is 7.75. The van der Waals surface area contributed by atoms with Gasteiger partial charge in [0.2, 0.25) is 5.91 Å². The van der Waals surface area contributed by atoms with Gasteiger partial charge in [0.15, 0.2) is 9.84 Å². The van der Waals surface area contributed by atoms with Crippen molar-refractivity contribution in [1.82, 2.24) is 5.32 Å². The van der Waals surface area contributed by atoms with Gasteiger partial charge < -0.3 is 5.32 Å². The fourth-order valence-electron chi connectivity index (χ4n) is 1.98. The predicted molar refractivity (Wildman–Crippen MR) is 63.9 cm³/mol. The molecule has 1 fully saturated rings. The minimum Gasteiger partial charge on any atom is -0.354 e. The molecule has 5 heteroatoms. The Morgan fingerprint density at radius 3 is 2.75 bits per heavy atom. The molecular weight excluding hydrogens is 226 g/mol. The number of hydrogen-bond donors (Lipinski definition) is 1. The van der Waals surface area contributed by atoms with Crippen molar-refractivity contribution in [2.75, 3.05) is 11.5 Å². The molecule has 1 N–H and O–H groups in total. The molecule has 1 rings (SSSR count). The number of sulfone groups is 1. The lowest BCUT2D eigenvalue weighted by Crippen LogP contribution is -2.35. The molecule has 0 spiro atoms. The van der Waals surface area contributed by atoms with Gasteiger partial charge in [0.25, 0.3) is 0 Å². The fraction of sp³-hybridized carbons (Fsp3) is 0.909. The van der Waals surface area contributed by atoms with Crippen LogP contribution in [0.25, 0.3) is 0 Å². The van der Waals surface area contributed by atoms with Crippen molar-refractivity contribution in [3.63, 3.8) is 0 Å². The number of nitrogens with one attached hydrogen (secondary N) is 1. The van der Waals surface area contributed by atoms with Gasteiger partial charge in [0.1, 0.15) is 0 Å². The zero-order chi connectivity index (χ0) is 12.2. The Morgan fingerprint density at radius 2 is 2.19 bits per heavy atom. The standard InChI is InChI=1S/C11H21NO3S/c1-3-9(2)12-11(13)7-10-5-4-6-16(14,15)8-10/h9-10H,3-8H2,1-2H3,(H,12,13). The molecule has 0 aliphatic carbocycles. The second kappa shape index (κ2) is 5.66. The molecule has 0 radical (unpaired) electrons. The molecule has 1 amide bonds. The van der Waals surface area contributed by atoms with Gasteiger partial charge in [0.05, 0.1) is 11.5 Å². The van der Waals surface area contributed by atoms with Gasteiger partial charge in [-0.25, -0.2) is 8.42 Å². The Labute approximate surface area is 97.7 Å². The molecule has 0 aromatic carbocycles. The molecule has 4 nitrogen and oxygen atoms in total. The largest absolute Gasteiger partial charge is 0.354 e. The summed E-state index contributed by atoms with van der Waals surface area (Å²) in [5, 5.41) is 2.87. The molecule has 1 aliphatic rings. The maximum Gasteiger partial charge on any atom is 0.220 e. The molecule has 2 unspecified atom stereocenters. The van der Waals surface area contributed by atoms with Crippen molar-refractivity contribution in [3.8, 4) is 0 Å². The molecule has 1 aliphatic heterocycles. The van der Waals surface area contributed by atoms with Crippen LogP contribution in [0.5, 0.6) is 0 Å². The monoisotopic (exact) mass is 247 g/mol. The van der Waals surface area contributed by atoms with Gasteiger partial charge in [-0.2, -0.15) is 0 Å². The Hall–Kier alpha value is -0.580. The zero-order valence-corrected chi connectivity index (χ0v) is 10.8. The summed E-state index contributed by atoms with van der Waals surface area (Å²) in [4.78, 5) is 11.6. The van der Waals surface area contributed by atoms with Gasteiger partial charge in [-0.1, -0.05) is 6.92 Å². The van der Waals surface area contributed by atoms with E-state index < -0.39 is 9.84 Å². The summed E-state index contributed by atoms with van der Waals surface area (Å²) >= 11 is 0. The third-order valence-corrected chi connectivity index (χ3v) is 4.94. The van der Waals surface area contributed by atoms with E-state index in [1.807, 2.05) is 13.8 Å². The summed E-state index contributed by atoms with van der Waals surface area (Å²) < 4.78 is 22.8. The highest BCUT2D eigenvalue weighted by atomic mass is 32.2. The van der Waals surface area contributed by atoms with Crippen molar-refractivity contribution in [2.45, 2.75) is 45.6 Å². The highest BCUT2D eigenvalue weighted by molar-refractivity contribution is 7.91. The second-order valence-electron chi connectivity index (χ2n) is 4.70. The normalized spacial score (nSPS) is 26.0. The third-order valence-electron chi connectivity index (χ3n) is 3.05. The summed E-state index contributed by atoms with van der Waals surface area (Å²) in [6.45, 7) is 3.96. The molecule has 0 saturated carbocycles. The molecule has 0 aromatic rings. The molecule has 16 heavy (non-hydrogen) atoms. The first-order chi connectivity index (χ1) is 7.43. The molecule has 0 aromatic heterocycles. The van der Waals surface area contributed by atoms with Crippen LogP contribution in [0, 0.1) is 5.92 Å². The topological polar surface area (TPSA) is 63.2 Å². The lowest BCUT2D eigenvalue weighted by atomic mass is 10.0. The maximum absolute atomic E-state index is 11.6. The summed E-state index contributed by atoms with van der Waals surface area (Å²) in [6.07, 6.45) is 2.80. The van der Waals surface area contributed by atoms with Gasteiger partial charge in [-0.15, -0.1) is 0 Å². The van der Waals surface area contributed by atoms with E-state index in [2.05, 4.69) is 5.32 Å². The molecule has 1 saturated heterocycles. The van der Waals surface area contributed by atoms with Crippen LogP contribution in [0.4, 0.5) is 0 Å². The third kappa shape index (κ3) is 4.51. The number of amides is 1. The van der Waals surface area contributed by atoms with Crippen LogP contribution in [0.3, 0.4) is 0 Å². The summed E-state index contributed by atoms with van der Waals surface area (Å²) in [5.41, 5.74) is 0.